The van der Waals surface area contributed by atoms with Gasteiger partial charge in [-0.15, -0.1) is 0 Å². The zero-order valence-electron chi connectivity index (χ0n) is 18.8. The quantitative estimate of drug-likeness (QED) is 0.606. The van der Waals surface area contributed by atoms with Gasteiger partial charge >= 0.3 is 5.97 Å². The number of rotatable bonds is 3. The van der Waals surface area contributed by atoms with E-state index in [9.17, 15) is 4.79 Å². The molecule has 0 amide bonds. The van der Waals surface area contributed by atoms with Gasteiger partial charge in [0.05, 0.1) is 6.42 Å². The molecule has 1 aromatic heterocycles. The van der Waals surface area contributed by atoms with Gasteiger partial charge < -0.3 is 19.9 Å². The van der Waals surface area contributed by atoms with Crippen LogP contribution in [0.3, 0.4) is 0 Å². The number of pyridine rings is 1. The number of nitrogens with zero attached hydrogens (tertiary/aromatic N) is 2. The summed E-state index contributed by atoms with van der Waals surface area (Å²) in [6.07, 6.45) is 3.70. The highest BCUT2D eigenvalue weighted by molar-refractivity contribution is 5.78. The molecule has 0 fully saturated rings. The number of esters is 1. The number of carbonyl (C=O) groups is 1. The Kier molecular flexibility index (Phi) is 4.85. The van der Waals surface area contributed by atoms with Crippen LogP contribution < -0.4 is 10.5 Å². The molecule has 168 valence electrons. The van der Waals surface area contributed by atoms with E-state index in [1.807, 2.05) is 75.5 Å². The number of aliphatic imine (C=N–C) groups is 1. The van der Waals surface area contributed by atoms with E-state index in [4.69, 9.17) is 24.9 Å². The van der Waals surface area contributed by atoms with Crippen molar-refractivity contribution in [2.75, 3.05) is 6.61 Å². The van der Waals surface area contributed by atoms with Crippen LogP contribution in [0.5, 0.6) is 11.5 Å². The second-order valence-corrected chi connectivity index (χ2v) is 9.25. The molecule has 0 saturated heterocycles. The lowest BCUT2D eigenvalue weighted by Crippen LogP contribution is -2.31. The van der Waals surface area contributed by atoms with E-state index < -0.39 is 11.1 Å². The summed E-state index contributed by atoms with van der Waals surface area (Å²) in [7, 11) is 0. The number of amidine groups is 1. The molecule has 5 rings (SSSR count). The van der Waals surface area contributed by atoms with E-state index in [0.29, 0.717) is 11.5 Å². The zero-order valence-corrected chi connectivity index (χ0v) is 18.8. The maximum atomic E-state index is 12.4. The van der Waals surface area contributed by atoms with Crippen molar-refractivity contribution in [3.8, 4) is 22.6 Å². The van der Waals surface area contributed by atoms with Crippen molar-refractivity contribution in [1.29, 1.82) is 0 Å². The van der Waals surface area contributed by atoms with Gasteiger partial charge in [-0.2, -0.15) is 0 Å². The highest BCUT2D eigenvalue weighted by Gasteiger charge is 2.47. The summed E-state index contributed by atoms with van der Waals surface area (Å²) in [4.78, 5) is 21.4. The average Bonchev–Trinajstić information content (AvgIpc) is 3.16. The standard InChI is InChI=1S/C26H25N3O4/c1-25(2,3)33-23(30)12-16-6-8-21-19(11-16)26(15-31-24(27)29-26)20-13-17(7-9-22(20)32-21)18-5-4-10-28-14-18/h4-11,13-14H,12,15H2,1-3H3,(H2,27,29). The van der Waals surface area contributed by atoms with Crippen molar-refractivity contribution in [2.45, 2.75) is 38.3 Å². The number of nitrogens with two attached hydrogens (primary N) is 1. The first-order valence-electron chi connectivity index (χ1n) is 10.8. The SMILES string of the molecule is CC(C)(C)OC(=O)Cc1ccc2c(c1)C1(COC(N)=N1)c1cc(-c3cccnc3)ccc1O2. The van der Waals surface area contributed by atoms with Crippen molar-refractivity contribution in [1.82, 2.24) is 4.98 Å². The van der Waals surface area contributed by atoms with Crippen LogP contribution in [-0.2, 0) is 26.2 Å². The van der Waals surface area contributed by atoms with Crippen LogP contribution in [0.25, 0.3) is 11.1 Å². The zero-order chi connectivity index (χ0) is 23.2. The minimum absolute atomic E-state index is 0.123. The molecule has 0 saturated carbocycles. The van der Waals surface area contributed by atoms with Gasteiger partial charge in [-0.25, -0.2) is 4.99 Å². The van der Waals surface area contributed by atoms with Crippen molar-refractivity contribution in [3.05, 3.63) is 77.6 Å². The third-order valence-corrected chi connectivity index (χ3v) is 5.63. The Labute approximate surface area is 192 Å². The molecule has 2 aliphatic rings. The third kappa shape index (κ3) is 3.91. The Bertz CT molecular complexity index is 1260. The van der Waals surface area contributed by atoms with Gasteiger partial charge in [0.15, 0.2) is 5.54 Å². The van der Waals surface area contributed by atoms with Gasteiger partial charge in [-0.1, -0.05) is 18.2 Å². The number of aromatic nitrogens is 1. The Morgan fingerprint density at radius 3 is 2.52 bits per heavy atom. The minimum Gasteiger partial charge on any atom is -0.462 e. The Balaban J connectivity index is 1.59. The largest absolute Gasteiger partial charge is 0.462 e. The van der Waals surface area contributed by atoms with Crippen molar-refractivity contribution in [3.63, 3.8) is 0 Å². The monoisotopic (exact) mass is 443 g/mol. The van der Waals surface area contributed by atoms with Gasteiger partial charge in [0.25, 0.3) is 6.02 Å². The highest BCUT2D eigenvalue weighted by atomic mass is 16.6. The molecule has 0 aliphatic carbocycles. The van der Waals surface area contributed by atoms with Crippen molar-refractivity contribution >= 4 is 12.0 Å². The second kappa shape index (κ2) is 7.62. The van der Waals surface area contributed by atoms with Gasteiger partial charge in [0.1, 0.15) is 23.7 Å². The number of benzene rings is 2. The smallest absolute Gasteiger partial charge is 0.310 e. The van der Waals surface area contributed by atoms with E-state index in [2.05, 4.69) is 4.98 Å². The Hall–Kier alpha value is -3.87. The molecule has 2 aromatic carbocycles. The predicted molar refractivity (Wildman–Crippen MR) is 124 cm³/mol. The molecule has 0 radical (unpaired) electrons. The first kappa shape index (κ1) is 21.0. The normalized spacial score (nSPS) is 18.6. The summed E-state index contributed by atoms with van der Waals surface area (Å²) in [6, 6.07) is 15.7. The predicted octanol–water partition coefficient (Wildman–Crippen LogP) is 4.33. The summed E-state index contributed by atoms with van der Waals surface area (Å²) in [5, 5.41) is 0. The first-order chi connectivity index (χ1) is 15.7. The molecule has 2 aliphatic heterocycles. The van der Waals surface area contributed by atoms with E-state index in [1.165, 1.54) is 0 Å². The third-order valence-electron chi connectivity index (χ3n) is 5.63. The van der Waals surface area contributed by atoms with Crippen LogP contribution in [0.4, 0.5) is 0 Å². The summed E-state index contributed by atoms with van der Waals surface area (Å²) < 4.78 is 17.4. The van der Waals surface area contributed by atoms with E-state index in [1.54, 1.807) is 6.20 Å². The Morgan fingerprint density at radius 1 is 1.09 bits per heavy atom. The lowest BCUT2D eigenvalue weighted by Gasteiger charge is -2.34. The van der Waals surface area contributed by atoms with Gasteiger partial charge in [-0.05, 0) is 62.2 Å². The molecule has 7 nitrogen and oxygen atoms in total. The minimum atomic E-state index is -0.866. The fourth-order valence-corrected chi connectivity index (χ4v) is 4.27. The fourth-order valence-electron chi connectivity index (χ4n) is 4.27. The molecule has 3 aromatic rings. The lowest BCUT2D eigenvalue weighted by molar-refractivity contribution is -0.153. The van der Waals surface area contributed by atoms with Crippen LogP contribution in [0, 0.1) is 0 Å². The summed E-state index contributed by atoms with van der Waals surface area (Å²) in [5.41, 5.74) is 9.01. The van der Waals surface area contributed by atoms with Crippen LogP contribution in [0.1, 0.15) is 37.5 Å². The molecule has 1 spiro atoms. The highest BCUT2D eigenvalue weighted by Crippen LogP contribution is 2.51. The molecular weight excluding hydrogens is 418 g/mol. The second-order valence-electron chi connectivity index (χ2n) is 9.25. The number of fused-ring (bicyclic) bond motifs is 4. The van der Waals surface area contributed by atoms with Crippen LogP contribution in [-0.4, -0.2) is 29.2 Å². The van der Waals surface area contributed by atoms with Crippen molar-refractivity contribution in [2.24, 2.45) is 10.7 Å². The maximum Gasteiger partial charge on any atom is 0.310 e. The number of hydrogen-bond acceptors (Lipinski definition) is 7. The summed E-state index contributed by atoms with van der Waals surface area (Å²) in [6.45, 7) is 5.80. The molecule has 1 unspecified atom stereocenters. The van der Waals surface area contributed by atoms with E-state index in [-0.39, 0.29) is 25.0 Å². The molecule has 2 N–H and O–H groups in total. The van der Waals surface area contributed by atoms with Crippen LogP contribution in [0.2, 0.25) is 0 Å². The molecular formula is C26H25N3O4. The molecule has 1 atom stereocenters. The van der Waals surface area contributed by atoms with Crippen LogP contribution >= 0.6 is 0 Å². The molecule has 0 bridgehead atoms. The van der Waals surface area contributed by atoms with Gasteiger partial charge in [-0.3, -0.25) is 9.78 Å². The topological polar surface area (TPSA) is 96.0 Å². The molecule has 3 heterocycles. The van der Waals surface area contributed by atoms with E-state index >= 15 is 0 Å². The van der Waals surface area contributed by atoms with Crippen molar-refractivity contribution < 1.29 is 19.0 Å². The maximum absolute atomic E-state index is 12.4. The number of hydrogen-bond donors (Lipinski definition) is 1. The Morgan fingerprint density at radius 2 is 1.85 bits per heavy atom. The fraction of sp³-hybridized carbons (Fsp3) is 0.269. The van der Waals surface area contributed by atoms with Gasteiger partial charge in [0, 0.05) is 29.1 Å². The van der Waals surface area contributed by atoms with E-state index in [0.717, 1.165) is 27.8 Å². The lowest BCUT2D eigenvalue weighted by atomic mass is 9.79. The molecule has 33 heavy (non-hydrogen) atoms. The molecule has 7 heteroatoms. The number of carbonyl (C=O) groups excluding carboxylic acids is 1. The summed E-state index contributed by atoms with van der Waals surface area (Å²) >= 11 is 0. The first-order valence-corrected chi connectivity index (χ1v) is 10.8. The number of ether oxygens (including phenoxy) is 3. The van der Waals surface area contributed by atoms with Crippen LogP contribution in [0.15, 0.2) is 65.9 Å². The summed E-state index contributed by atoms with van der Waals surface area (Å²) in [5.74, 6) is 1.06. The van der Waals surface area contributed by atoms with Gasteiger partial charge in [0.2, 0.25) is 0 Å². The average molecular weight is 444 g/mol.